The number of anilines is 1. The molecular formula is C22H28F2N2O2. The molecule has 0 bridgehead atoms. The molecule has 152 valence electrons. The van der Waals surface area contributed by atoms with Gasteiger partial charge in [0, 0.05) is 24.4 Å². The summed E-state index contributed by atoms with van der Waals surface area (Å²) in [5.74, 6) is -1.97. The Labute approximate surface area is 164 Å². The van der Waals surface area contributed by atoms with Crippen LogP contribution in [0.15, 0.2) is 29.8 Å². The average Bonchev–Trinajstić information content (AvgIpc) is 2.71. The molecule has 6 heteroatoms. The Balaban J connectivity index is 1.40. The van der Waals surface area contributed by atoms with Crippen LogP contribution in [0.3, 0.4) is 0 Å². The second-order valence-electron chi connectivity index (χ2n) is 7.81. The highest BCUT2D eigenvalue weighted by atomic mass is 19.1. The zero-order valence-corrected chi connectivity index (χ0v) is 16.1. The van der Waals surface area contributed by atoms with Crippen LogP contribution in [0.25, 0.3) is 0 Å². The van der Waals surface area contributed by atoms with Gasteiger partial charge in [-0.25, -0.2) is 8.78 Å². The van der Waals surface area contributed by atoms with Gasteiger partial charge in [0.25, 0.3) is 0 Å². The highest BCUT2D eigenvalue weighted by Crippen LogP contribution is 2.30. The number of allylic oxidation sites excluding steroid dienone is 1. The van der Waals surface area contributed by atoms with Crippen molar-refractivity contribution in [1.29, 1.82) is 0 Å². The fourth-order valence-corrected chi connectivity index (χ4v) is 4.07. The molecule has 4 nitrogen and oxygen atoms in total. The Kier molecular flexibility index (Phi) is 7.18. The highest BCUT2D eigenvalue weighted by molar-refractivity contribution is 5.92. The molecule has 2 amide bonds. The van der Waals surface area contributed by atoms with Gasteiger partial charge in [-0.3, -0.25) is 9.59 Å². The molecule has 0 spiro atoms. The van der Waals surface area contributed by atoms with Crippen LogP contribution >= 0.6 is 0 Å². The maximum atomic E-state index is 13.7. The summed E-state index contributed by atoms with van der Waals surface area (Å²) in [7, 11) is 0. The maximum Gasteiger partial charge on any atom is 0.227 e. The molecule has 0 unspecified atom stereocenters. The van der Waals surface area contributed by atoms with Gasteiger partial charge >= 0.3 is 0 Å². The molecule has 0 aliphatic heterocycles. The molecule has 2 N–H and O–H groups in total. The molecule has 2 aliphatic rings. The van der Waals surface area contributed by atoms with Gasteiger partial charge in [-0.15, -0.1) is 0 Å². The van der Waals surface area contributed by atoms with Crippen LogP contribution in [0.5, 0.6) is 0 Å². The van der Waals surface area contributed by atoms with Gasteiger partial charge in [-0.2, -0.15) is 0 Å². The quantitative estimate of drug-likeness (QED) is 0.691. The first-order chi connectivity index (χ1) is 13.5. The van der Waals surface area contributed by atoms with Crippen molar-refractivity contribution < 1.29 is 18.4 Å². The topological polar surface area (TPSA) is 58.2 Å². The number of hydrogen-bond donors (Lipinski definition) is 2. The van der Waals surface area contributed by atoms with E-state index in [-0.39, 0.29) is 29.3 Å². The fourth-order valence-electron chi connectivity index (χ4n) is 4.07. The monoisotopic (exact) mass is 390 g/mol. The summed E-state index contributed by atoms with van der Waals surface area (Å²) in [5.41, 5.74) is 1.43. The van der Waals surface area contributed by atoms with Crippen LogP contribution in [-0.2, 0) is 9.59 Å². The zero-order chi connectivity index (χ0) is 19.9. The molecule has 1 aromatic rings. The summed E-state index contributed by atoms with van der Waals surface area (Å²) in [6.45, 7) is 0.676. The summed E-state index contributed by atoms with van der Waals surface area (Å²) in [6, 6.07) is 3.09. The summed E-state index contributed by atoms with van der Waals surface area (Å²) in [4.78, 5) is 24.7. The molecule has 0 heterocycles. The lowest BCUT2D eigenvalue weighted by Crippen LogP contribution is -2.36. The predicted octanol–water partition coefficient (Wildman–Crippen LogP) is 4.72. The SMILES string of the molecule is O=C(NCCC1=CCCCC1)C1CCC(C(=O)Nc2ccc(F)cc2F)CC1. The van der Waals surface area contributed by atoms with Crippen LogP contribution < -0.4 is 10.6 Å². The van der Waals surface area contributed by atoms with E-state index in [1.165, 1.54) is 24.5 Å². The summed E-state index contributed by atoms with van der Waals surface area (Å²) in [6.07, 6.45) is 10.5. The minimum absolute atomic E-state index is 0.0108. The lowest BCUT2D eigenvalue weighted by atomic mass is 9.81. The van der Waals surface area contributed by atoms with Crippen molar-refractivity contribution in [3.8, 4) is 0 Å². The number of carbonyl (C=O) groups is 2. The van der Waals surface area contributed by atoms with Crippen LogP contribution in [0.1, 0.15) is 57.8 Å². The van der Waals surface area contributed by atoms with Crippen LogP contribution in [-0.4, -0.2) is 18.4 Å². The third-order valence-corrected chi connectivity index (χ3v) is 5.79. The zero-order valence-electron chi connectivity index (χ0n) is 16.1. The first-order valence-corrected chi connectivity index (χ1v) is 10.2. The van der Waals surface area contributed by atoms with E-state index in [1.54, 1.807) is 0 Å². The summed E-state index contributed by atoms with van der Waals surface area (Å²) < 4.78 is 26.6. The van der Waals surface area contributed by atoms with E-state index >= 15 is 0 Å². The minimum Gasteiger partial charge on any atom is -0.356 e. The third-order valence-electron chi connectivity index (χ3n) is 5.79. The highest BCUT2D eigenvalue weighted by Gasteiger charge is 2.30. The van der Waals surface area contributed by atoms with Crippen molar-refractivity contribution in [2.75, 3.05) is 11.9 Å². The number of benzene rings is 1. The van der Waals surface area contributed by atoms with Crippen molar-refractivity contribution in [1.82, 2.24) is 5.32 Å². The summed E-state index contributed by atoms with van der Waals surface area (Å²) in [5, 5.41) is 5.57. The predicted molar refractivity (Wildman–Crippen MR) is 105 cm³/mol. The van der Waals surface area contributed by atoms with Crippen LogP contribution in [0.2, 0.25) is 0 Å². The van der Waals surface area contributed by atoms with E-state index in [0.29, 0.717) is 32.2 Å². The molecule has 1 saturated carbocycles. The number of halogens is 2. The largest absolute Gasteiger partial charge is 0.356 e. The van der Waals surface area contributed by atoms with E-state index in [2.05, 4.69) is 16.7 Å². The molecular weight excluding hydrogens is 362 g/mol. The number of nitrogens with one attached hydrogen (secondary N) is 2. The lowest BCUT2D eigenvalue weighted by molar-refractivity contribution is -0.128. The molecule has 0 radical (unpaired) electrons. The van der Waals surface area contributed by atoms with Crippen molar-refractivity contribution in [3.05, 3.63) is 41.5 Å². The smallest absolute Gasteiger partial charge is 0.227 e. The molecule has 28 heavy (non-hydrogen) atoms. The van der Waals surface area contributed by atoms with E-state index in [1.807, 2.05) is 0 Å². The second-order valence-corrected chi connectivity index (χ2v) is 7.81. The van der Waals surface area contributed by atoms with Gasteiger partial charge in [0.15, 0.2) is 0 Å². The van der Waals surface area contributed by atoms with E-state index < -0.39 is 11.6 Å². The average molecular weight is 390 g/mol. The van der Waals surface area contributed by atoms with Gasteiger partial charge in [0.1, 0.15) is 11.6 Å². The number of amides is 2. The van der Waals surface area contributed by atoms with E-state index in [4.69, 9.17) is 0 Å². The molecule has 1 aromatic carbocycles. The van der Waals surface area contributed by atoms with Gasteiger partial charge in [0.05, 0.1) is 5.69 Å². The van der Waals surface area contributed by atoms with Crippen molar-refractivity contribution in [3.63, 3.8) is 0 Å². The maximum absolute atomic E-state index is 13.7. The first kappa shape index (κ1) is 20.5. The van der Waals surface area contributed by atoms with Gasteiger partial charge in [-0.05, 0) is 69.9 Å². The molecule has 2 aliphatic carbocycles. The molecule has 0 saturated heterocycles. The number of rotatable bonds is 6. The van der Waals surface area contributed by atoms with Crippen molar-refractivity contribution in [2.45, 2.75) is 57.8 Å². The fraction of sp³-hybridized carbons (Fsp3) is 0.545. The first-order valence-electron chi connectivity index (χ1n) is 10.2. The summed E-state index contributed by atoms with van der Waals surface area (Å²) >= 11 is 0. The number of carbonyl (C=O) groups excluding carboxylic acids is 2. The molecule has 0 aromatic heterocycles. The van der Waals surface area contributed by atoms with Gasteiger partial charge in [-0.1, -0.05) is 11.6 Å². The minimum atomic E-state index is -0.783. The standard InChI is InChI=1S/C22H28F2N2O2/c23-18-10-11-20(19(24)14-18)26-22(28)17-8-6-16(7-9-17)21(27)25-13-12-15-4-2-1-3-5-15/h4,10-11,14,16-17H,1-3,5-9,12-13H2,(H,25,27)(H,26,28). The molecule has 1 fully saturated rings. The Morgan fingerprint density at radius 2 is 1.71 bits per heavy atom. The molecule has 3 rings (SSSR count). The van der Waals surface area contributed by atoms with E-state index in [9.17, 15) is 18.4 Å². The van der Waals surface area contributed by atoms with E-state index in [0.717, 1.165) is 31.4 Å². The normalized spacial score (nSPS) is 22.3. The number of hydrogen-bond acceptors (Lipinski definition) is 2. The molecule has 0 atom stereocenters. The Bertz CT molecular complexity index is 740. The Morgan fingerprint density at radius 1 is 1.00 bits per heavy atom. The Morgan fingerprint density at radius 3 is 2.36 bits per heavy atom. The van der Waals surface area contributed by atoms with Gasteiger partial charge in [0.2, 0.25) is 11.8 Å². The lowest BCUT2D eigenvalue weighted by Gasteiger charge is -2.27. The van der Waals surface area contributed by atoms with Crippen molar-refractivity contribution >= 4 is 17.5 Å². The van der Waals surface area contributed by atoms with Gasteiger partial charge < -0.3 is 10.6 Å². The van der Waals surface area contributed by atoms with Crippen LogP contribution in [0.4, 0.5) is 14.5 Å². The van der Waals surface area contributed by atoms with Crippen molar-refractivity contribution in [2.24, 2.45) is 11.8 Å². The van der Waals surface area contributed by atoms with Crippen LogP contribution in [0, 0.1) is 23.5 Å². The second kappa shape index (κ2) is 9.80. The Hall–Kier alpha value is -2.24. The third kappa shape index (κ3) is 5.63.